The molecule has 0 aromatic heterocycles. The topological polar surface area (TPSA) is 63.7 Å². The monoisotopic (exact) mass is 415 g/mol. The molecular weight excluding hydrogens is 398 g/mol. The molecule has 0 aliphatic rings. The number of hydrogen-bond donors (Lipinski definition) is 0. The fourth-order valence-electron chi connectivity index (χ4n) is 2.56. The number of benzene rings is 3. The maximum atomic E-state index is 12.9. The molecule has 0 aliphatic carbocycles. The highest BCUT2D eigenvalue weighted by Gasteiger charge is 2.24. The van der Waals surface area contributed by atoms with Gasteiger partial charge >= 0.3 is 5.97 Å². The van der Waals surface area contributed by atoms with Gasteiger partial charge in [0.05, 0.1) is 21.2 Å². The van der Waals surface area contributed by atoms with Crippen LogP contribution in [0.4, 0.5) is 5.69 Å². The fourth-order valence-corrected chi connectivity index (χ4v) is 3.97. The molecule has 0 unspecified atom stereocenters. The third-order valence-electron chi connectivity index (χ3n) is 4.15. The molecule has 5 nitrogen and oxygen atoms in total. The van der Waals surface area contributed by atoms with Crippen LogP contribution in [-0.4, -0.2) is 21.4 Å². The van der Waals surface area contributed by atoms with Gasteiger partial charge in [0, 0.05) is 7.05 Å². The summed E-state index contributed by atoms with van der Waals surface area (Å²) in [4.78, 5) is 12.4. The normalized spacial score (nSPS) is 11.1. The van der Waals surface area contributed by atoms with E-state index >= 15 is 0 Å². The summed E-state index contributed by atoms with van der Waals surface area (Å²) < 4.78 is 32.3. The third-order valence-corrected chi connectivity index (χ3v) is 6.26. The van der Waals surface area contributed by atoms with Gasteiger partial charge in [-0.3, -0.25) is 4.31 Å². The molecule has 0 N–H and O–H groups in total. The SMILES string of the molecule is CN(c1ccccc1)S(=O)(=O)c1ccc(Cl)c(C(=O)OCc2ccccc2)c1. The summed E-state index contributed by atoms with van der Waals surface area (Å²) >= 11 is 6.11. The van der Waals surface area contributed by atoms with E-state index in [1.165, 1.54) is 25.2 Å². The number of esters is 1. The first-order valence-electron chi connectivity index (χ1n) is 8.44. The van der Waals surface area contributed by atoms with Gasteiger partial charge in [0.25, 0.3) is 10.0 Å². The Hall–Kier alpha value is -2.83. The number of anilines is 1. The van der Waals surface area contributed by atoms with Crippen molar-refractivity contribution in [3.63, 3.8) is 0 Å². The summed E-state index contributed by atoms with van der Waals surface area (Å²) in [5.41, 5.74) is 1.32. The van der Waals surface area contributed by atoms with Crippen LogP contribution >= 0.6 is 11.6 Å². The molecule has 0 saturated carbocycles. The second kappa shape index (κ2) is 8.46. The largest absolute Gasteiger partial charge is 0.457 e. The Labute approximate surface area is 169 Å². The van der Waals surface area contributed by atoms with Gasteiger partial charge in [0.15, 0.2) is 0 Å². The molecule has 0 bridgehead atoms. The Bertz CT molecular complexity index is 1070. The van der Waals surface area contributed by atoms with Gasteiger partial charge in [0.1, 0.15) is 6.61 Å². The van der Waals surface area contributed by atoms with Crippen molar-refractivity contribution in [1.29, 1.82) is 0 Å². The van der Waals surface area contributed by atoms with Crippen molar-refractivity contribution in [3.05, 3.63) is 95.0 Å². The number of ether oxygens (including phenoxy) is 1. The van der Waals surface area contributed by atoms with E-state index in [1.54, 1.807) is 30.3 Å². The average Bonchev–Trinajstić information content (AvgIpc) is 2.73. The number of sulfonamides is 1. The van der Waals surface area contributed by atoms with Crippen LogP contribution in [0.1, 0.15) is 15.9 Å². The van der Waals surface area contributed by atoms with E-state index in [0.717, 1.165) is 9.87 Å². The highest BCUT2D eigenvalue weighted by Crippen LogP contribution is 2.26. The zero-order valence-corrected chi connectivity index (χ0v) is 16.7. The summed E-state index contributed by atoms with van der Waals surface area (Å²) in [6.07, 6.45) is 0. The summed E-state index contributed by atoms with van der Waals surface area (Å²) in [7, 11) is -2.41. The van der Waals surface area contributed by atoms with Gasteiger partial charge in [0.2, 0.25) is 0 Å². The summed E-state index contributed by atoms with van der Waals surface area (Å²) in [6, 6.07) is 21.8. The predicted molar refractivity (Wildman–Crippen MR) is 109 cm³/mol. The minimum atomic E-state index is -3.87. The molecule has 3 aromatic rings. The molecule has 7 heteroatoms. The summed E-state index contributed by atoms with van der Waals surface area (Å²) in [6.45, 7) is 0.0664. The lowest BCUT2D eigenvalue weighted by Gasteiger charge is -2.20. The third kappa shape index (κ3) is 4.35. The Morgan fingerprint density at radius 1 is 0.964 bits per heavy atom. The van der Waals surface area contributed by atoms with E-state index in [-0.39, 0.29) is 22.1 Å². The first-order valence-corrected chi connectivity index (χ1v) is 10.3. The number of para-hydroxylation sites is 1. The lowest BCUT2D eigenvalue weighted by molar-refractivity contribution is 0.0472. The molecule has 0 amide bonds. The average molecular weight is 416 g/mol. The van der Waals surface area contributed by atoms with Crippen LogP contribution < -0.4 is 4.31 Å². The van der Waals surface area contributed by atoms with Gasteiger partial charge < -0.3 is 4.74 Å². The van der Waals surface area contributed by atoms with Gasteiger partial charge in [-0.1, -0.05) is 60.1 Å². The first-order chi connectivity index (χ1) is 13.4. The van der Waals surface area contributed by atoms with E-state index in [1.807, 2.05) is 30.3 Å². The highest BCUT2D eigenvalue weighted by molar-refractivity contribution is 7.92. The first kappa shape index (κ1) is 19.9. The Balaban J connectivity index is 1.85. The Morgan fingerprint density at radius 2 is 1.57 bits per heavy atom. The second-order valence-corrected chi connectivity index (χ2v) is 8.39. The van der Waals surface area contributed by atoms with Crippen LogP contribution in [0.15, 0.2) is 83.8 Å². The lowest BCUT2D eigenvalue weighted by Crippen LogP contribution is -2.26. The Morgan fingerprint density at radius 3 is 2.21 bits per heavy atom. The van der Waals surface area contributed by atoms with Crippen LogP contribution in [0.3, 0.4) is 0 Å². The standard InChI is InChI=1S/C21H18ClNO4S/c1-23(17-10-6-3-7-11-17)28(25,26)18-12-13-20(22)19(14-18)21(24)27-15-16-8-4-2-5-9-16/h2-14H,15H2,1H3. The van der Waals surface area contributed by atoms with Gasteiger partial charge in [-0.15, -0.1) is 0 Å². The molecule has 0 heterocycles. The minimum Gasteiger partial charge on any atom is -0.457 e. The van der Waals surface area contributed by atoms with E-state index in [9.17, 15) is 13.2 Å². The van der Waals surface area contributed by atoms with Crippen molar-refractivity contribution in [2.75, 3.05) is 11.4 Å². The highest BCUT2D eigenvalue weighted by atomic mass is 35.5. The van der Waals surface area contributed by atoms with Gasteiger partial charge in [-0.05, 0) is 35.9 Å². The number of rotatable bonds is 6. The van der Waals surface area contributed by atoms with Crippen molar-refractivity contribution in [2.45, 2.75) is 11.5 Å². The van der Waals surface area contributed by atoms with Gasteiger partial charge in [-0.25, -0.2) is 13.2 Å². The minimum absolute atomic E-state index is 0.000125. The fraction of sp³-hybridized carbons (Fsp3) is 0.0952. The molecule has 144 valence electrons. The molecule has 0 fully saturated rings. The van der Waals surface area contributed by atoms with Crippen molar-refractivity contribution >= 4 is 33.3 Å². The summed E-state index contributed by atoms with van der Waals surface area (Å²) in [5.74, 6) is -0.687. The maximum Gasteiger partial charge on any atom is 0.340 e. The predicted octanol–water partition coefficient (Wildman–Crippen LogP) is 4.52. The van der Waals surface area contributed by atoms with E-state index in [0.29, 0.717) is 5.69 Å². The zero-order chi connectivity index (χ0) is 20.1. The quantitative estimate of drug-likeness (QED) is 0.555. The van der Waals surface area contributed by atoms with Crippen LogP contribution in [0.25, 0.3) is 0 Å². The van der Waals surface area contributed by atoms with Crippen LogP contribution in [-0.2, 0) is 21.4 Å². The number of halogens is 1. The Kier molecular flexibility index (Phi) is 6.02. The lowest BCUT2D eigenvalue weighted by atomic mass is 10.2. The van der Waals surface area contributed by atoms with Gasteiger partial charge in [-0.2, -0.15) is 0 Å². The van der Waals surface area contributed by atoms with Crippen molar-refractivity contribution < 1.29 is 17.9 Å². The number of carbonyl (C=O) groups excluding carboxylic acids is 1. The van der Waals surface area contributed by atoms with Crippen LogP contribution in [0.2, 0.25) is 5.02 Å². The van der Waals surface area contributed by atoms with E-state index in [2.05, 4.69) is 0 Å². The number of hydrogen-bond acceptors (Lipinski definition) is 4. The summed E-state index contributed by atoms with van der Waals surface area (Å²) in [5, 5.41) is 0.124. The molecule has 0 saturated heterocycles. The number of nitrogens with zero attached hydrogens (tertiary/aromatic N) is 1. The van der Waals surface area contributed by atoms with Crippen molar-refractivity contribution in [2.24, 2.45) is 0 Å². The van der Waals surface area contributed by atoms with Crippen LogP contribution in [0, 0.1) is 0 Å². The zero-order valence-electron chi connectivity index (χ0n) is 15.1. The van der Waals surface area contributed by atoms with E-state index < -0.39 is 16.0 Å². The second-order valence-electron chi connectivity index (χ2n) is 6.01. The van der Waals surface area contributed by atoms with Crippen molar-refractivity contribution in [1.82, 2.24) is 0 Å². The smallest absolute Gasteiger partial charge is 0.340 e. The molecular formula is C21H18ClNO4S. The molecule has 0 spiro atoms. The van der Waals surface area contributed by atoms with E-state index in [4.69, 9.17) is 16.3 Å². The maximum absolute atomic E-state index is 12.9. The molecule has 0 aliphatic heterocycles. The molecule has 0 atom stereocenters. The molecule has 3 aromatic carbocycles. The van der Waals surface area contributed by atoms with Crippen LogP contribution in [0.5, 0.6) is 0 Å². The van der Waals surface area contributed by atoms with Crippen molar-refractivity contribution in [3.8, 4) is 0 Å². The molecule has 28 heavy (non-hydrogen) atoms. The molecule has 0 radical (unpaired) electrons. The molecule has 3 rings (SSSR count). The number of carbonyl (C=O) groups is 1.